The lowest BCUT2D eigenvalue weighted by molar-refractivity contribution is -0.384. The number of nitro groups is 1. The van der Waals surface area contributed by atoms with Gasteiger partial charge in [0.05, 0.1) is 18.2 Å². The SMILES string of the molecule is COc1ccc([N+](=O)[O-])cc1/C=N/NC(=O)COc1cc(C)c(Cl)c(C)c1. The maximum Gasteiger partial charge on any atom is 0.277 e. The van der Waals surface area contributed by atoms with Crippen LogP contribution in [-0.2, 0) is 4.79 Å². The van der Waals surface area contributed by atoms with E-state index in [4.69, 9.17) is 21.1 Å². The number of methoxy groups -OCH3 is 1. The molecule has 0 aliphatic rings. The molecule has 0 aliphatic carbocycles. The number of halogens is 1. The average Bonchev–Trinajstić information content (AvgIpc) is 2.64. The zero-order valence-corrected chi connectivity index (χ0v) is 15.7. The molecule has 9 heteroatoms. The highest BCUT2D eigenvalue weighted by molar-refractivity contribution is 6.32. The van der Waals surface area contributed by atoms with Gasteiger partial charge in [-0.15, -0.1) is 0 Å². The number of nitrogens with one attached hydrogen (secondary N) is 1. The van der Waals surface area contributed by atoms with E-state index in [0.29, 0.717) is 22.1 Å². The van der Waals surface area contributed by atoms with Gasteiger partial charge in [-0.3, -0.25) is 14.9 Å². The van der Waals surface area contributed by atoms with Gasteiger partial charge < -0.3 is 9.47 Å². The standard InChI is InChI=1S/C18H18ClN3O5/c1-11-6-15(7-12(2)18(11)19)27-10-17(23)21-20-9-13-8-14(22(24)25)4-5-16(13)26-3/h4-9H,10H2,1-3H3,(H,21,23)/b20-9+. The zero-order chi connectivity index (χ0) is 20.0. The predicted octanol–water partition coefficient (Wildman–Crippen LogP) is 3.40. The predicted molar refractivity (Wildman–Crippen MR) is 102 cm³/mol. The molecule has 2 rings (SSSR count). The topological polar surface area (TPSA) is 103 Å². The average molecular weight is 392 g/mol. The minimum atomic E-state index is -0.528. The fourth-order valence-corrected chi connectivity index (χ4v) is 2.39. The number of hydrogen-bond acceptors (Lipinski definition) is 6. The van der Waals surface area contributed by atoms with Crippen molar-refractivity contribution in [1.29, 1.82) is 0 Å². The van der Waals surface area contributed by atoms with Gasteiger partial charge in [0.25, 0.3) is 11.6 Å². The van der Waals surface area contributed by atoms with Gasteiger partial charge in [0.1, 0.15) is 11.5 Å². The van der Waals surface area contributed by atoms with Crippen LogP contribution in [0.3, 0.4) is 0 Å². The van der Waals surface area contributed by atoms with E-state index in [9.17, 15) is 14.9 Å². The van der Waals surface area contributed by atoms with E-state index in [1.165, 1.54) is 31.5 Å². The van der Waals surface area contributed by atoms with Gasteiger partial charge in [-0.25, -0.2) is 5.43 Å². The van der Waals surface area contributed by atoms with Crippen LogP contribution in [-0.4, -0.2) is 30.8 Å². The molecule has 0 heterocycles. The van der Waals surface area contributed by atoms with E-state index in [0.717, 1.165) is 11.1 Å². The van der Waals surface area contributed by atoms with Crippen LogP contribution < -0.4 is 14.9 Å². The van der Waals surface area contributed by atoms with Crippen LogP contribution in [0.25, 0.3) is 0 Å². The smallest absolute Gasteiger partial charge is 0.277 e. The maximum atomic E-state index is 11.9. The van der Waals surface area contributed by atoms with Gasteiger partial charge in [-0.1, -0.05) is 11.6 Å². The second-order valence-electron chi connectivity index (χ2n) is 5.64. The Kier molecular flexibility index (Phi) is 6.73. The number of hydrazone groups is 1. The quantitative estimate of drug-likeness (QED) is 0.442. The molecule has 0 saturated heterocycles. The third-order valence-electron chi connectivity index (χ3n) is 3.60. The van der Waals surface area contributed by atoms with E-state index in [1.54, 1.807) is 12.1 Å². The summed E-state index contributed by atoms with van der Waals surface area (Å²) in [5.41, 5.74) is 4.24. The summed E-state index contributed by atoms with van der Waals surface area (Å²) >= 11 is 6.09. The number of aryl methyl sites for hydroxylation is 2. The molecule has 1 N–H and O–H groups in total. The molecule has 0 aromatic heterocycles. The van der Waals surface area contributed by atoms with Crippen molar-refractivity contribution in [3.05, 3.63) is 62.2 Å². The third kappa shape index (κ3) is 5.42. The fourth-order valence-electron chi connectivity index (χ4n) is 2.28. The molecule has 0 unspecified atom stereocenters. The monoisotopic (exact) mass is 391 g/mol. The van der Waals surface area contributed by atoms with Crippen molar-refractivity contribution in [2.24, 2.45) is 5.10 Å². The van der Waals surface area contributed by atoms with Crippen molar-refractivity contribution in [3.8, 4) is 11.5 Å². The van der Waals surface area contributed by atoms with E-state index < -0.39 is 10.8 Å². The van der Waals surface area contributed by atoms with Gasteiger partial charge in [-0.05, 0) is 43.2 Å². The van der Waals surface area contributed by atoms with Gasteiger partial charge >= 0.3 is 0 Å². The van der Waals surface area contributed by atoms with Crippen LogP contribution >= 0.6 is 11.6 Å². The molecule has 0 aliphatic heterocycles. The highest BCUT2D eigenvalue weighted by Gasteiger charge is 2.10. The van der Waals surface area contributed by atoms with Crippen molar-refractivity contribution in [3.63, 3.8) is 0 Å². The summed E-state index contributed by atoms with van der Waals surface area (Å²) in [7, 11) is 1.43. The number of ether oxygens (including phenoxy) is 2. The lowest BCUT2D eigenvalue weighted by Crippen LogP contribution is -2.24. The number of rotatable bonds is 7. The number of hydrogen-bond donors (Lipinski definition) is 1. The zero-order valence-electron chi connectivity index (χ0n) is 15.0. The lowest BCUT2D eigenvalue weighted by atomic mass is 10.1. The molecule has 142 valence electrons. The van der Waals surface area contributed by atoms with Crippen molar-refractivity contribution < 1.29 is 19.2 Å². The van der Waals surface area contributed by atoms with Crippen LogP contribution in [0.1, 0.15) is 16.7 Å². The molecular formula is C18H18ClN3O5. The summed E-state index contributed by atoms with van der Waals surface area (Å²) in [5, 5.41) is 15.3. The number of amides is 1. The Morgan fingerprint density at radius 2 is 1.96 bits per heavy atom. The largest absolute Gasteiger partial charge is 0.496 e. The molecular weight excluding hydrogens is 374 g/mol. The van der Waals surface area contributed by atoms with E-state index in [2.05, 4.69) is 10.5 Å². The Morgan fingerprint density at radius 3 is 2.56 bits per heavy atom. The number of nitro benzene ring substituents is 1. The number of nitrogens with zero attached hydrogens (tertiary/aromatic N) is 2. The molecule has 0 saturated carbocycles. The maximum absolute atomic E-state index is 11.9. The van der Waals surface area contributed by atoms with E-state index >= 15 is 0 Å². The Morgan fingerprint density at radius 1 is 1.30 bits per heavy atom. The normalized spacial score (nSPS) is 10.7. The first-order chi connectivity index (χ1) is 12.8. The van der Waals surface area contributed by atoms with Crippen LogP contribution in [0, 0.1) is 24.0 Å². The number of carbonyl (C=O) groups excluding carboxylic acids is 1. The van der Waals surface area contributed by atoms with Gasteiger partial charge in [0.15, 0.2) is 6.61 Å². The number of benzene rings is 2. The lowest BCUT2D eigenvalue weighted by Gasteiger charge is -2.09. The first-order valence-electron chi connectivity index (χ1n) is 7.85. The molecule has 0 radical (unpaired) electrons. The summed E-state index contributed by atoms with van der Waals surface area (Å²) in [5.74, 6) is 0.428. The summed E-state index contributed by atoms with van der Waals surface area (Å²) in [6.45, 7) is 3.45. The molecule has 0 atom stereocenters. The van der Waals surface area contributed by atoms with Crippen LogP contribution in [0.2, 0.25) is 5.02 Å². The molecule has 2 aromatic rings. The molecule has 27 heavy (non-hydrogen) atoms. The van der Waals surface area contributed by atoms with Crippen molar-refractivity contribution in [1.82, 2.24) is 5.43 Å². The Bertz CT molecular complexity index is 876. The first-order valence-corrected chi connectivity index (χ1v) is 8.23. The molecule has 1 amide bonds. The van der Waals surface area contributed by atoms with Crippen LogP contribution in [0.5, 0.6) is 11.5 Å². The molecule has 0 bridgehead atoms. The number of carbonyl (C=O) groups is 1. The second-order valence-corrected chi connectivity index (χ2v) is 6.01. The summed E-state index contributed by atoms with van der Waals surface area (Å²) < 4.78 is 10.5. The van der Waals surface area contributed by atoms with Crippen LogP contribution in [0.4, 0.5) is 5.69 Å². The van der Waals surface area contributed by atoms with Gasteiger partial charge in [-0.2, -0.15) is 5.10 Å². The van der Waals surface area contributed by atoms with Gasteiger partial charge in [0, 0.05) is 22.7 Å². The third-order valence-corrected chi connectivity index (χ3v) is 4.19. The number of non-ortho nitro benzene ring substituents is 1. The van der Waals surface area contributed by atoms with Gasteiger partial charge in [0.2, 0.25) is 0 Å². The summed E-state index contributed by atoms with van der Waals surface area (Å²) in [6, 6.07) is 7.54. The van der Waals surface area contributed by atoms with E-state index in [1.807, 2.05) is 13.8 Å². The van der Waals surface area contributed by atoms with E-state index in [-0.39, 0.29) is 12.3 Å². The summed E-state index contributed by atoms with van der Waals surface area (Å²) in [4.78, 5) is 22.2. The Labute approximate surface area is 160 Å². The van der Waals surface area contributed by atoms with Crippen molar-refractivity contribution in [2.45, 2.75) is 13.8 Å². The molecule has 8 nitrogen and oxygen atoms in total. The minimum absolute atomic E-state index is 0.111. The highest BCUT2D eigenvalue weighted by atomic mass is 35.5. The Balaban J connectivity index is 1.97. The van der Waals surface area contributed by atoms with Crippen LogP contribution in [0.15, 0.2) is 35.4 Å². The molecule has 0 spiro atoms. The van der Waals surface area contributed by atoms with Crippen molar-refractivity contribution in [2.75, 3.05) is 13.7 Å². The molecule has 0 fully saturated rings. The second kappa shape index (κ2) is 9.00. The van der Waals surface area contributed by atoms with Crippen molar-refractivity contribution >= 4 is 29.4 Å². The minimum Gasteiger partial charge on any atom is -0.496 e. The molecule has 2 aromatic carbocycles. The highest BCUT2D eigenvalue weighted by Crippen LogP contribution is 2.26. The fraction of sp³-hybridized carbons (Fsp3) is 0.222. The summed E-state index contributed by atoms with van der Waals surface area (Å²) in [6.07, 6.45) is 1.26. The first kappa shape index (κ1) is 20.2. The Hall–Kier alpha value is -3.13.